The number of rotatable bonds is 5. The molecule has 1 amide bonds. The highest BCUT2D eigenvalue weighted by Gasteiger charge is 2.30. The van der Waals surface area contributed by atoms with Gasteiger partial charge in [0.05, 0.1) is 6.61 Å². The quantitative estimate of drug-likeness (QED) is 0.572. The van der Waals surface area contributed by atoms with E-state index in [1.165, 1.54) is 11.1 Å². The predicted molar refractivity (Wildman–Crippen MR) is 121 cm³/mol. The van der Waals surface area contributed by atoms with Crippen LogP contribution in [0.25, 0.3) is 0 Å². The van der Waals surface area contributed by atoms with Crippen molar-refractivity contribution < 1.29 is 9.53 Å². The van der Waals surface area contributed by atoms with Gasteiger partial charge in [-0.1, -0.05) is 24.3 Å². The molecule has 7 heteroatoms. The van der Waals surface area contributed by atoms with E-state index in [0.717, 1.165) is 44.9 Å². The molecule has 1 aromatic carbocycles. The van der Waals surface area contributed by atoms with Crippen molar-refractivity contribution in [2.75, 3.05) is 39.8 Å². The van der Waals surface area contributed by atoms with Gasteiger partial charge in [-0.15, -0.1) is 0 Å². The number of piperidine rings is 1. The Morgan fingerprint density at radius 3 is 2.57 bits per heavy atom. The lowest BCUT2D eigenvalue weighted by Gasteiger charge is -2.42. The van der Waals surface area contributed by atoms with Gasteiger partial charge in [0.1, 0.15) is 0 Å². The lowest BCUT2D eigenvalue weighted by Crippen LogP contribution is -2.56. The average Bonchev–Trinajstić information content (AvgIpc) is 2.77. The molecule has 0 saturated carbocycles. The van der Waals surface area contributed by atoms with E-state index in [9.17, 15) is 4.79 Å². The van der Waals surface area contributed by atoms with Crippen molar-refractivity contribution in [1.29, 1.82) is 0 Å². The third-order valence-electron chi connectivity index (χ3n) is 6.26. The summed E-state index contributed by atoms with van der Waals surface area (Å²) in [5, 5.41) is 7.05. The number of ether oxygens (including phenoxy) is 1. The molecule has 0 atom stereocenters. The van der Waals surface area contributed by atoms with Crippen LogP contribution >= 0.6 is 0 Å². The van der Waals surface area contributed by atoms with Gasteiger partial charge in [0.25, 0.3) is 0 Å². The molecule has 3 rings (SSSR count). The summed E-state index contributed by atoms with van der Waals surface area (Å²) in [5.41, 5.74) is 2.93. The first kappa shape index (κ1) is 22.4. The van der Waals surface area contributed by atoms with E-state index < -0.39 is 0 Å². The van der Waals surface area contributed by atoms with E-state index in [1.807, 2.05) is 14.0 Å². The number of hydrogen-bond donors (Lipinski definition) is 2. The van der Waals surface area contributed by atoms with Gasteiger partial charge in [-0.2, -0.15) is 0 Å². The van der Waals surface area contributed by atoms with Gasteiger partial charge in [0.15, 0.2) is 5.96 Å². The fourth-order valence-corrected chi connectivity index (χ4v) is 4.23. The van der Waals surface area contributed by atoms with E-state index in [-0.39, 0.29) is 11.6 Å². The number of fused-ring (bicyclic) bond motifs is 1. The molecule has 0 unspecified atom stereocenters. The standard InChI is InChI=1S/C23H37N5O2/c1-5-30-22(29)27-13-11-20(12-14-27)26-21(24-4)25-17-23(2,3)28-15-10-18-8-6-7-9-19(18)16-28/h6-9,20H,5,10-17H2,1-4H3,(H2,24,25,26). The molecule has 0 radical (unpaired) electrons. The summed E-state index contributed by atoms with van der Waals surface area (Å²) in [5.74, 6) is 0.829. The molecule has 0 bridgehead atoms. The Labute approximate surface area is 180 Å². The van der Waals surface area contributed by atoms with Crippen LogP contribution in [0.2, 0.25) is 0 Å². The molecule has 2 N–H and O–H groups in total. The number of guanidine groups is 1. The maximum Gasteiger partial charge on any atom is 0.409 e. The molecule has 7 nitrogen and oxygen atoms in total. The number of nitrogens with one attached hydrogen (secondary N) is 2. The SMILES string of the molecule is CCOC(=O)N1CCC(NC(=NC)NCC(C)(C)N2CCc3ccccc3C2)CC1. The fraction of sp³-hybridized carbons (Fsp3) is 0.652. The second-order valence-corrected chi connectivity index (χ2v) is 8.78. The number of carbonyl (C=O) groups excluding carboxylic acids is 1. The van der Waals surface area contributed by atoms with E-state index >= 15 is 0 Å². The second-order valence-electron chi connectivity index (χ2n) is 8.78. The summed E-state index contributed by atoms with van der Waals surface area (Å²) >= 11 is 0. The number of aliphatic imine (C=N–C) groups is 1. The Morgan fingerprint density at radius 1 is 1.20 bits per heavy atom. The second kappa shape index (κ2) is 10.2. The average molecular weight is 416 g/mol. The van der Waals surface area contributed by atoms with Gasteiger partial charge in [-0.3, -0.25) is 9.89 Å². The Morgan fingerprint density at radius 2 is 1.90 bits per heavy atom. The monoisotopic (exact) mass is 415 g/mol. The van der Waals surface area contributed by atoms with E-state index in [2.05, 4.69) is 58.6 Å². The zero-order valence-corrected chi connectivity index (χ0v) is 18.9. The lowest BCUT2D eigenvalue weighted by atomic mass is 9.94. The fourth-order valence-electron chi connectivity index (χ4n) is 4.23. The van der Waals surface area contributed by atoms with E-state index in [0.29, 0.717) is 25.7 Å². The highest BCUT2D eigenvalue weighted by molar-refractivity contribution is 5.80. The summed E-state index contributed by atoms with van der Waals surface area (Å²) in [4.78, 5) is 20.6. The highest BCUT2D eigenvalue weighted by Crippen LogP contribution is 2.25. The van der Waals surface area contributed by atoms with Crippen molar-refractivity contribution in [3.63, 3.8) is 0 Å². The summed E-state index contributed by atoms with van der Waals surface area (Å²) in [6, 6.07) is 9.07. The minimum Gasteiger partial charge on any atom is -0.450 e. The molecule has 166 valence electrons. The molecule has 2 heterocycles. The summed E-state index contributed by atoms with van der Waals surface area (Å²) in [6.45, 7) is 11.2. The zero-order chi connectivity index (χ0) is 21.6. The van der Waals surface area contributed by atoms with Gasteiger partial charge in [0, 0.05) is 51.4 Å². The van der Waals surface area contributed by atoms with Crippen LogP contribution in [0.15, 0.2) is 29.3 Å². The first-order valence-electron chi connectivity index (χ1n) is 11.1. The van der Waals surface area contributed by atoms with Crippen LogP contribution in [-0.2, 0) is 17.7 Å². The normalized spacial score (nSPS) is 18.7. The Balaban J connectivity index is 1.47. The van der Waals surface area contributed by atoms with Gasteiger partial charge in [-0.25, -0.2) is 4.79 Å². The van der Waals surface area contributed by atoms with Crippen LogP contribution in [0.4, 0.5) is 4.79 Å². The number of carbonyl (C=O) groups is 1. The number of likely N-dealkylation sites (tertiary alicyclic amines) is 1. The van der Waals surface area contributed by atoms with Gasteiger partial charge < -0.3 is 20.3 Å². The molecule has 1 saturated heterocycles. The molecule has 1 fully saturated rings. The van der Waals surface area contributed by atoms with Crippen LogP contribution in [0.1, 0.15) is 44.7 Å². The summed E-state index contributed by atoms with van der Waals surface area (Å²) in [7, 11) is 1.81. The number of amides is 1. The highest BCUT2D eigenvalue weighted by atomic mass is 16.6. The number of benzene rings is 1. The largest absolute Gasteiger partial charge is 0.450 e. The van der Waals surface area contributed by atoms with Crippen LogP contribution < -0.4 is 10.6 Å². The third kappa shape index (κ3) is 5.65. The minimum atomic E-state index is -0.205. The molecule has 0 aliphatic carbocycles. The molecule has 30 heavy (non-hydrogen) atoms. The first-order valence-corrected chi connectivity index (χ1v) is 11.1. The predicted octanol–water partition coefficient (Wildman–Crippen LogP) is 2.61. The van der Waals surface area contributed by atoms with Crippen molar-refractivity contribution in [3.05, 3.63) is 35.4 Å². The summed E-state index contributed by atoms with van der Waals surface area (Å²) in [6.07, 6.45) is 2.69. The number of hydrogen-bond acceptors (Lipinski definition) is 4. The van der Waals surface area contributed by atoms with Crippen LogP contribution in [-0.4, -0.2) is 73.3 Å². The van der Waals surface area contributed by atoms with Crippen molar-refractivity contribution in [1.82, 2.24) is 20.4 Å². The third-order valence-corrected chi connectivity index (χ3v) is 6.26. The van der Waals surface area contributed by atoms with Crippen molar-refractivity contribution in [2.45, 2.75) is 58.2 Å². The molecule has 2 aliphatic heterocycles. The number of nitrogens with zero attached hydrogens (tertiary/aromatic N) is 3. The maximum absolute atomic E-state index is 11.9. The van der Waals surface area contributed by atoms with Crippen molar-refractivity contribution in [2.24, 2.45) is 4.99 Å². The molecular formula is C23H37N5O2. The Hall–Kier alpha value is -2.28. The maximum atomic E-state index is 11.9. The topological polar surface area (TPSA) is 69.2 Å². The van der Waals surface area contributed by atoms with Crippen LogP contribution in [0.3, 0.4) is 0 Å². The Kier molecular flexibility index (Phi) is 7.58. The summed E-state index contributed by atoms with van der Waals surface area (Å²) < 4.78 is 5.10. The smallest absolute Gasteiger partial charge is 0.409 e. The molecule has 0 aromatic heterocycles. The molecule has 2 aliphatic rings. The van der Waals surface area contributed by atoms with Crippen molar-refractivity contribution >= 4 is 12.1 Å². The zero-order valence-electron chi connectivity index (χ0n) is 18.9. The Bertz CT molecular complexity index is 741. The van der Waals surface area contributed by atoms with E-state index in [1.54, 1.807) is 4.90 Å². The van der Waals surface area contributed by atoms with E-state index in [4.69, 9.17) is 4.74 Å². The molecule has 0 spiro atoms. The van der Waals surface area contributed by atoms with Gasteiger partial charge in [-0.05, 0) is 51.2 Å². The molecule has 1 aromatic rings. The van der Waals surface area contributed by atoms with Crippen LogP contribution in [0.5, 0.6) is 0 Å². The van der Waals surface area contributed by atoms with Crippen molar-refractivity contribution in [3.8, 4) is 0 Å². The first-order chi connectivity index (χ1) is 14.4. The van der Waals surface area contributed by atoms with Gasteiger partial charge in [0.2, 0.25) is 0 Å². The minimum absolute atomic E-state index is 0.0123. The molecular weight excluding hydrogens is 378 g/mol. The van der Waals surface area contributed by atoms with Gasteiger partial charge >= 0.3 is 6.09 Å². The lowest BCUT2D eigenvalue weighted by molar-refractivity contribution is 0.0960. The van der Waals surface area contributed by atoms with Crippen LogP contribution in [0, 0.1) is 0 Å².